The van der Waals surface area contributed by atoms with E-state index in [1.807, 2.05) is 4.90 Å². The summed E-state index contributed by atoms with van der Waals surface area (Å²) < 4.78 is 0. The predicted molar refractivity (Wildman–Crippen MR) is 86.0 cm³/mol. The van der Waals surface area contributed by atoms with Crippen molar-refractivity contribution in [2.45, 2.75) is 83.6 Å². The van der Waals surface area contributed by atoms with Gasteiger partial charge in [-0.2, -0.15) is 0 Å². The first kappa shape index (κ1) is 16.8. The van der Waals surface area contributed by atoms with Crippen molar-refractivity contribution in [3.8, 4) is 0 Å². The lowest BCUT2D eigenvalue weighted by Gasteiger charge is -2.35. The van der Waals surface area contributed by atoms with Crippen molar-refractivity contribution >= 4 is 5.91 Å². The predicted octanol–water partition coefficient (Wildman–Crippen LogP) is 3.75. The molecule has 1 N–H and O–H groups in total. The summed E-state index contributed by atoms with van der Waals surface area (Å²) in [6, 6.07) is 0.0813. The van der Waals surface area contributed by atoms with Gasteiger partial charge in [-0.05, 0) is 44.4 Å². The van der Waals surface area contributed by atoms with E-state index in [1.54, 1.807) is 0 Å². The smallest absolute Gasteiger partial charge is 0.226 e. The molecule has 0 spiro atoms. The summed E-state index contributed by atoms with van der Waals surface area (Å²) in [5.41, 5.74) is 0. The highest BCUT2D eigenvalue weighted by molar-refractivity contribution is 5.79. The first-order valence-electron chi connectivity index (χ1n) is 9.17. The van der Waals surface area contributed by atoms with E-state index in [4.69, 9.17) is 0 Å². The van der Waals surface area contributed by atoms with E-state index in [0.29, 0.717) is 5.91 Å². The molecule has 0 bridgehead atoms. The van der Waals surface area contributed by atoms with Crippen LogP contribution in [-0.2, 0) is 4.79 Å². The van der Waals surface area contributed by atoms with E-state index in [9.17, 15) is 9.90 Å². The van der Waals surface area contributed by atoms with Gasteiger partial charge < -0.3 is 10.0 Å². The van der Waals surface area contributed by atoms with Gasteiger partial charge in [0.1, 0.15) is 0 Å². The summed E-state index contributed by atoms with van der Waals surface area (Å²) >= 11 is 0. The van der Waals surface area contributed by atoms with E-state index >= 15 is 0 Å². The van der Waals surface area contributed by atoms with Crippen LogP contribution in [0.2, 0.25) is 0 Å². The van der Waals surface area contributed by atoms with Crippen LogP contribution in [0.4, 0.5) is 0 Å². The van der Waals surface area contributed by atoms with Crippen LogP contribution in [0, 0.1) is 11.8 Å². The maximum Gasteiger partial charge on any atom is 0.226 e. The van der Waals surface area contributed by atoms with Crippen molar-refractivity contribution < 1.29 is 9.90 Å². The van der Waals surface area contributed by atoms with Gasteiger partial charge in [-0.3, -0.25) is 4.79 Å². The molecule has 0 aromatic carbocycles. The molecule has 3 heteroatoms. The highest BCUT2D eigenvalue weighted by Crippen LogP contribution is 2.33. The number of amides is 1. The van der Waals surface area contributed by atoms with Crippen LogP contribution in [0.15, 0.2) is 0 Å². The molecule has 1 unspecified atom stereocenters. The lowest BCUT2D eigenvalue weighted by molar-refractivity contribution is -0.140. The number of carbonyl (C=O) groups excluding carboxylic acids is 1. The zero-order valence-corrected chi connectivity index (χ0v) is 13.7. The van der Waals surface area contributed by atoms with Crippen LogP contribution in [0.3, 0.4) is 0 Å². The molecule has 1 saturated carbocycles. The van der Waals surface area contributed by atoms with Crippen LogP contribution in [0.5, 0.6) is 0 Å². The number of aliphatic hydroxyl groups excluding tert-OH is 1. The van der Waals surface area contributed by atoms with Crippen molar-refractivity contribution in [2.24, 2.45) is 11.8 Å². The molecule has 1 atom stereocenters. The Labute approximate surface area is 130 Å². The third-order valence-electron chi connectivity index (χ3n) is 5.53. The quantitative estimate of drug-likeness (QED) is 0.839. The number of aliphatic hydroxyl groups is 1. The SMILES string of the molecule is CCCCC1CCC(C(=O)N2CCCCCC2CO)CC1. The fraction of sp³-hybridized carbons (Fsp3) is 0.944. The fourth-order valence-electron chi connectivity index (χ4n) is 4.08. The molecule has 1 aliphatic carbocycles. The van der Waals surface area contributed by atoms with Gasteiger partial charge in [-0.1, -0.05) is 39.0 Å². The highest BCUT2D eigenvalue weighted by atomic mass is 16.3. The zero-order valence-electron chi connectivity index (χ0n) is 13.7. The molecular formula is C18H33NO2. The maximum absolute atomic E-state index is 12.8. The molecule has 0 radical (unpaired) electrons. The third kappa shape index (κ3) is 4.70. The van der Waals surface area contributed by atoms with Gasteiger partial charge in [0.15, 0.2) is 0 Å². The number of hydrogen-bond acceptors (Lipinski definition) is 2. The zero-order chi connectivity index (χ0) is 15.1. The molecule has 1 heterocycles. The first-order valence-corrected chi connectivity index (χ1v) is 9.17. The minimum atomic E-state index is 0.0813. The summed E-state index contributed by atoms with van der Waals surface area (Å²) in [5.74, 6) is 1.42. The second-order valence-corrected chi connectivity index (χ2v) is 7.08. The Kier molecular flexibility index (Phi) is 7.01. The lowest BCUT2D eigenvalue weighted by atomic mass is 9.79. The topological polar surface area (TPSA) is 40.5 Å². The van der Waals surface area contributed by atoms with E-state index < -0.39 is 0 Å². The monoisotopic (exact) mass is 295 g/mol. The molecule has 0 aromatic rings. The van der Waals surface area contributed by atoms with Crippen molar-refractivity contribution in [3.63, 3.8) is 0 Å². The van der Waals surface area contributed by atoms with Gasteiger partial charge in [0.25, 0.3) is 0 Å². The molecule has 1 saturated heterocycles. The Morgan fingerprint density at radius 2 is 1.86 bits per heavy atom. The van der Waals surface area contributed by atoms with E-state index in [0.717, 1.165) is 44.6 Å². The number of carbonyl (C=O) groups is 1. The number of rotatable bonds is 5. The Morgan fingerprint density at radius 3 is 2.52 bits per heavy atom. The Hall–Kier alpha value is -0.570. The number of likely N-dealkylation sites (tertiary alicyclic amines) is 1. The van der Waals surface area contributed by atoms with Gasteiger partial charge in [-0.25, -0.2) is 0 Å². The minimum Gasteiger partial charge on any atom is -0.394 e. The van der Waals surface area contributed by atoms with Crippen molar-refractivity contribution in [1.29, 1.82) is 0 Å². The van der Waals surface area contributed by atoms with Gasteiger partial charge in [0.05, 0.1) is 12.6 Å². The average molecular weight is 295 g/mol. The molecule has 122 valence electrons. The van der Waals surface area contributed by atoms with Crippen LogP contribution in [0.1, 0.15) is 77.6 Å². The van der Waals surface area contributed by atoms with Crippen LogP contribution in [0.25, 0.3) is 0 Å². The summed E-state index contributed by atoms with van der Waals surface area (Å²) in [5, 5.41) is 9.58. The average Bonchev–Trinajstić information content (AvgIpc) is 2.78. The molecule has 3 nitrogen and oxygen atoms in total. The molecule has 1 aliphatic heterocycles. The van der Waals surface area contributed by atoms with Crippen LogP contribution >= 0.6 is 0 Å². The van der Waals surface area contributed by atoms with Crippen molar-refractivity contribution in [2.75, 3.05) is 13.2 Å². The van der Waals surface area contributed by atoms with Crippen molar-refractivity contribution in [1.82, 2.24) is 4.90 Å². The summed E-state index contributed by atoms with van der Waals surface area (Å²) in [6.45, 7) is 3.25. The van der Waals surface area contributed by atoms with Gasteiger partial charge in [-0.15, -0.1) is 0 Å². The minimum absolute atomic E-state index is 0.0813. The van der Waals surface area contributed by atoms with Gasteiger partial charge >= 0.3 is 0 Å². The fourth-order valence-corrected chi connectivity index (χ4v) is 4.08. The standard InChI is InChI=1S/C18H33NO2/c1-2-3-7-15-9-11-16(12-10-15)18(21)19-13-6-4-5-8-17(19)14-20/h15-17,20H,2-14H2,1H3. The molecule has 1 amide bonds. The normalized spacial score (nSPS) is 31.0. The van der Waals surface area contributed by atoms with E-state index in [-0.39, 0.29) is 18.6 Å². The first-order chi connectivity index (χ1) is 10.3. The summed E-state index contributed by atoms with van der Waals surface area (Å²) in [7, 11) is 0. The lowest BCUT2D eigenvalue weighted by Crippen LogP contribution is -2.45. The molecule has 2 fully saturated rings. The largest absolute Gasteiger partial charge is 0.394 e. The Balaban J connectivity index is 1.85. The van der Waals surface area contributed by atoms with E-state index in [2.05, 4.69) is 6.92 Å². The van der Waals surface area contributed by atoms with E-state index in [1.165, 1.54) is 38.5 Å². The molecule has 2 aliphatic rings. The molecule has 0 aromatic heterocycles. The van der Waals surface area contributed by atoms with Gasteiger partial charge in [0.2, 0.25) is 5.91 Å². The highest BCUT2D eigenvalue weighted by Gasteiger charge is 2.32. The summed E-state index contributed by atoms with van der Waals surface area (Å²) in [4.78, 5) is 14.8. The molecule has 2 rings (SSSR count). The second kappa shape index (κ2) is 8.77. The van der Waals surface area contributed by atoms with Crippen molar-refractivity contribution in [3.05, 3.63) is 0 Å². The van der Waals surface area contributed by atoms with Crippen LogP contribution < -0.4 is 0 Å². The third-order valence-corrected chi connectivity index (χ3v) is 5.53. The Morgan fingerprint density at radius 1 is 1.10 bits per heavy atom. The maximum atomic E-state index is 12.8. The molecular weight excluding hydrogens is 262 g/mol. The number of hydrogen-bond donors (Lipinski definition) is 1. The Bertz CT molecular complexity index is 310. The second-order valence-electron chi connectivity index (χ2n) is 7.08. The van der Waals surface area contributed by atoms with Gasteiger partial charge in [0, 0.05) is 12.5 Å². The molecule has 21 heavy (non-hydrogen) atoms. The van der Waals surface area contributed by atoms with Crippen LogP contribution in [-0.4, -0.2) is 35.1 Å². The number of nitrogens with zero attached hydrogens (tertiary/aromatic N) is 1. The number of unbranched alkanes of at least 4 members (excludes halogenated alkanes) is 1. The summed E-state index contributed by atoms with van der Waals surface area (Å²) in [6.07, 6.45) is 13.0.